The van der Waals surface area contributed by atoms with Gasteiger partial charge in [-0.25, -0.2) is 9.80 Å². The zero-order valence-electron chi connectivity index (χ0n) is 15.1. The van der Waals surface area contributed by atoms with Crippen LogP contribution in [0.1, 0.15) is 38.5 Å². The van der Waals surface area contributed by atoms with Crippen LogP contribution >= 0.6 is 0 Å². The molecule has 1 aromatic rings. The summed E-state index contributed by atoms with van der Waals surface area (Å²) in [5.74, 6) is 0.363. The summed E-state index contributed by atoms with van der Waals surface area (Å²) in [6, 6.07) is 3.95. The first-order valence-corrected chi connectivity index (χ1v) is 9.48. The first-order valence-electron chi connectivity index (χ1n) is 9.48. The molecule has 1 aromatic heterocycles. The second-order valence-corrected chi connectivity index (χ2v) is 7.62. The summed E-state index contributed by atoms with van der Waals surface area (Å²) in [4.78, 5) is 14.6. The molecule has 0 amide bonds. The van der Waals surface area contributed by atoms with Gasteiger partial charge in [-0.2, -0.15) is 0 Å². The number of aliphatic carboxylic acids is 1. The van der Waals surface area contributed by atoms with E-state index in [1.165, 1.54) is 0 Å². The predicted octanol–water partition coefficient (Wildman–Crippen LogP) is 2.14. The average molecular weight is 363 g/mol. The highest BCUT2D eigenvalue weighted by Gasteiger charge is 2.37. The zero-order chi connectivity index (χ0) is 18.4. The number of aliphatic hydroxyl groups is 1. The van der Waals surface area contributed by atoms with Gasteiger partial charge in [0.1, 0.15) is 6.61 Å². The molecule has 2 heterocycles. The summed E-state index contributed by atoms with van der Waals surface area (Å²) < 4.78 is 5.12. The maximum absolute atomic E-state index is 10.6. The fraction of sp³-hybridized carbons (Fsp3) is 0.684. The third kappa shape index (κ3) is 5.40. The molecule has 0 spiro atoms. The molecule has 2 fully saturated rings. The number of hydrogen-bond acceptors (Lipinski definition) is 6. The Hall–Kier alpha value is -1.70. The smallest absolute Gasteiger partial charge is 0.329 e. The van der Waals surface area contributed by atoms with E-state index >= 15 is 0 Å². The Morgan fingerprint density at radius 3 is 2.42 bits per heavy atom. The predicted molar refractivity (Wildman–Crippen MR) is 97.5 cm³/mol. The van der Waals surface area contributed by atoms with Gasteiger partial charge in [0, 0.05) is 25.5 Å². The van der Waals surface area contributed by atoms with Crippen molar-refractivity contribution in [1.29, 1.82) is 0 Å². The van der Waals surface area contributed by atoms with Gasteiger partial charge >= 0.3 is 5.97 Å². The van der Waals surface area contributed by atoms with E-state index < -0.39 is 11.6 Å². The maximum atomic E-state index is 10.6. The molecule has 144 valence electrons. The Morgan fingerprint density at radius 1 is 1.19 bits per heavy atom. The van der Waals surface area contributed by atoms with E-state index in [0.29, 0.717) is 24.7 Å². The fourth-order valence-electron chi connectivity index (χ4n) is 4.21. The second-order valence-electron chi connectivity index (χ2n) is 7.62. The van der Waals surface area contributed by atoms with Crippen LogP contribution in [0, 0.1) is 11.8 Å². The second kappa shape index (κ2) is 8.79. The number of anilines is 1. The zero-order valence-corrected chi connectivity index (χ0v) is 15.1. The average Bonchev–Trinajstić information content (AvgIpc) is 2.64. The standard InChI is InChI=1S/C19H29N3O4/c23-18(24)13-26-14-19(25)7-1-15(2-8-19)16-5-11-22(12-6-16)21-17-3-9-20-10-4-17/h3-4,9-10,15-16,25H,1-2,5-8,11-14H2,(H,20,21)(H,23,24). The highest BCUT2D eigenvalue weighted by Crippen LogP contribution is 2.39. The van der Waals surface area contributed by atoms with Gasteiger partial charge in [-0.3, -0.25) is 4.98 Å². The third-order valence-electron chi connectivity index (χ3n) is 5.73. The number of carboxylic acid groups (broad SMARTS) is 1. The van der Waals surface area contributed by atoms with Crippen LogP contribution in [0.4, 0.5) is 5.69 Å². The number of aromatic nitrogens is 1. The van der Waals surface area contributed by atoms with E-state index in [1.807, 2.05) is 12.1 Å². The molecule has 0 atom stereocenters. The number of rotatable bonds is 7. The lowest BCUT2D eigenvalue weighted by Crippen LogP contribution is -2.43. The molecule has 3 N–H and O–H groups in total. The Labute approximate surface area is 154 Å². The van der Waals surface area contributed by atoms with Gasteiger partial charge in [0.2, 0.25) is 0 Å². The van der Waals surface area contributed by atoms with Crippen LogP contribution in [0.2, 0.25) is 0 Å². The Balaban J connectivity index is 1.38. The molecule has 0 radical (unpaired) electrons. The number of carbonyl (C=O) groups is 1. The summed E-state index contributed by atoms with van der Waals surface area (Å²) >= 11 is 0. The van der Waals surface area contributed by atoms with Gasteiger partial charge in [-0.05, 0) is 62.5 Å². The van der Waals surface area contributed by atoms with E-state index in [4.69, 9.17) is 9.84 Å². The van der Waals surface area contributed by atoms with Gasteiger partial charge in [0.15, 0.2) is 0 Å². The molecule has 3 rings (SSSR count). The number of hydrogen-bond donors (Lipinski definition) is 3. The first kappa shape index (κ1) is 19.1. The van der Waals surface area contributed by atoms with Crippen LogP contribution < -0.4 is 5.43 Å². The van der Waals surface area contributed by atoms with Crippen molar-refractivity contribution < 1.29 is 19.7 Å². The molecule has 0 unspecified atom stereocenters. The minimum atomic E-state index is -0.991. The van der Waals surface area contributed by atoms with E-state index in [0.717, 1.165) is 44.5 Å². The van der Waals surface area contributed by atoms with Gasteiger partial charge in [0.05, 0.1) is 17.9 Å². The van der Waals surface area contributed by atoms with E-state index in [-0.39, 0.29) is 13.2 Å². The molecule has 2 aliphatic rings. The molecular weight excluding hydrogens is 334 g/mol. The number of nitrogens with zero attached hydrogens (tertiary/aromatic N) is 2. The van der Waals surface area contributed by atoms with E-state index in [9.17, 15) is 9.90 Å². The van der Waals surface area contributed by atoms with Crippen molar-refractivity contribution in [2.24, 2.45) is 11.8 Å². The summed E-state index contributed by atoms with van der Waals surface area (Å²) in [6.45, 7) is 1.83. The Morgan fingerprint density at radius 2 is 1.81 bits per heavy atom. The minimum absolute atomic E-state index is 0.125. The summed E-state index contributed by atoms with van der Waals surface area (Å²) in [7, 11) is 0. The van der Waals surface area contributed by atoms with Crippen molar-refractivity contribution in [2.45, 2.75) is 44.1 Å². The van der Waals surface area contributed by atoms with E-state index in [1.54, 1.807) is 12.4 Å². The van der Waals surface area contributed by atoms with Crippen LogP contribution in [0.15, 0.2) is 24.5 Å². The number of hydrazine groups is 1. The van der Waals surface area contributed by atoms with Crippen LogP contribution in [0.25, 0.3) is 0 Å². The number of piperidine rings is 1. The molecule has 0 aromatic carbocycles. The van der Waals surface area contributed by atoms with Crippen molar-refractivity contribution in [3.63, 3.8) is 0 Å². The van der Waals surface area contributed by atoms with Crippen molar-refractivity contribution in [1.82, 2.24) is 9.99 Å². The van der Waals surface area contributed by atoms with Gasteiger partial charge in [-0.1, -0.05) is 0 Å². The molecular formula is C19H29N3O4. The van der Waals surface area contributed by atoms with Crippen LogP contribution in [0.3, 0.4) is 0 Å². The third-order valence-corrected chi connectivity index (χ3v) is 5.73. The van der Waals surface area contributed by atoms with Gasteiger partial charge in [0.25, 0.3) is 0 Å². The van der Waals surface area contributed by atoms with Crippen molar-refractivity contribution in [2.75, 3.05) is 31.7 Å². The molecule has 1 aliphatic carbocycles. The molecule has 26 heavy (non-hydrogen) atoms. The van der Waals surface area contributed by atoms with Crippen molar-refractivity contribution >= 4 is 11.7 Å². The number of nitrogens with one attached hydrogen (secondary N) is 1. The lowest BCUT2D eigenvalue weighted by Gasteiger charge is -2.41. The number of carboxylic acids is 1. The monoisotopic (exact) mass is 363 g/mol. The Bertz CT molecular complexity index is 567. The van der Waals surface area contributed by atoms with Crippen LogP contribution in [0.5, 0.6) is 0 Å². The summed E-state index contributed by atoms with van der Waals surface area (Å²) in [5, 5.41) is 21.5. The molecule has 7 nitrogen and oxygen atoms in total. The molecule has 1 aliphatic heterocycles. The molecule has 7 heteroatoms. The number of ether oxygens (including phenoxy) is 1. The molecule has 0 bridgehead atoms. The van der Waals surface area contributed by atoms with Gasteiger partial charge < -0.3 is 20.4 Å². The summed E-state index contributed by atoms with van der Waals surface area (Å²) in [6.07, 6.45) is 9.30. The van der Waals surface area contributed by atoms with Crippen LogP contribution in [-0.2, 0) is 9.53 Å². The lowest BCUT2D eigenvalue weighted by molar-refractivity contribution is -0.146. The molecule has 1 saturated heterocycles. The molecule has 1 saturated carbocycles. The first-order chi connectivity index (χ1) is 12.5. The van der Waals surface area contributed by atoms with Gasteiger partial charge in [-0.15, -0.1) is 0 Å². The Kier molecular flexibility index (Phi) is 6.45. The van der Waals surface area contributed by atoms with Crippen molar-refractivity contribution in [3.8, 4) is 0 Å². The summed E-state index contributed by atoms with van der Waals surface area (Å²) in [5.41, 5.74) is 3.66. The highest BCUT2D eigenvalue weighted by atomic mass is 16.5. The van der Waals surface area contributed by atoms with Crippen LogP contribution in [-0.4, -0.2) is 58.1 Å². The van der Waals surface area contributed by atoms with Crippen molar-refractivity contribution in [3.05, 3.63) is 24.5 Å². The fourth-order valence-corrected chi connectivity index (χ4v) is 4.21. The lowest BCUT2D eigenvalue weighted by atomic mass is 9.71. The largest absolute Gasteiger partial charge is 0.480 e. The quantitative estimate of drug-likeness (QED) is 0.683. The minimum Gasteiger partial charge on any atom is -0.480 e. The maximum Gasteiger partial charge on any atom is 0.329 e. The normalized spacial score (nSPS) is 28.0. The highest BCUT2D eigenvalue weighted by molar-refractivity contribution is 5.67. The van der Waals surface area contributed by atoms with E-state index in [2.05, 4.69) is 15.4 Å². The number of pyridine rings is 1. The topological polar surface area (TPSA) is 94.9 Å². The SMILES string of the molecule is O=C(O)COCC1(O)CCC(C2CCN(Nc3ccncc3)CC2)CC1.